The molecule has 3 rings (SSSR count). The molecule has 2 aromatic rings. The number of nitrogens with one attached hydrogen (secondary N) is 1. The molecule has 0 spiro atoms. The Balaban J connectivity index is 2.15. The van der Waals surface area contributed by atoms with Gasteiger partial charge in [0.25, 0.3) is 0 Å². The fourth-order valence-corrected chi connectivity index (χ4v) is 2.93. The standard InChI is InChI=1S/C13H15Cl2N3O4/c1-16-13-17-7-2-5(14)6(15)3-8(7)18(13)12-11(21)10(20)9(4-19)22-12/h2-3,9-12,19-21H,4H2,1H3,(H,16,17)/t9-,10-,11-,12+/m1/s1. The Labute approximate surface area is 136 Å². The Morgan fingerprint density at radius 3 is 2.55 bits per heavy atom. The second-order valence-electron chi connectivity index (χ2n) is 5.04. The summed E-state index contributed by atoms with van der Waals surface area (Å²) in [6.07, 6.45) is -4.18. The lowest BCUT2D eigenvalue weighted by Gasteiger charge is -2.19. The highest BCUT2D eigenvalue weighted by Gasteiger charge is 2.44. The molecule has 4 atom stereocenters. The van der Waals surface area contributed by atoms with E-state index in [0.29, 0.717) is 27.0 Å². The molecule has 1 aliphatic rings. The van der Waals surface area contributed by atoms with Crippen molar-refractivity contribution >= 4 is 40.2 Å². The van der Waals surface area contributed by atoms with Crippen LogP contribution in [0, 0.1) is 0 Å². The molecule has 7 nitrogen and oxygen atoms in total. The number of benzene rings is 1. The van der Waals surface area contributed by atoms with Crippen molar-refractivity contribution in [2.24, 2.45) is 0 Å². The molecule has 2 heterocycles. The minimum Gasteiger partial charge on any atom is -0.394 e. The topological polar surface area (TPSA) is 99.8 Å². The van der Waals surface area contributed by atoms with E-state index in [4.69, 9.17) is 27.9 Å². The summed E-state index contributed by atoms with van der Waals surface area (Å²) in [6, 6.07) is 3.22. The summed E-state index contributed by atoms with van der Waals surface area (Å²) in [6.45, 7) is -0.400. The summed E-state index contributed by atoms with van der Waals surface area (Å²) in [7, 11) is 1.67. The van der Waals surface area contributed by atoms with Crippen molar-refractivity contribution in [2.45, 2.75) is 24.5 Å². The van der Waals surface area contributed by atoms with E-state index >= 15 is 0 Å². The van der Waals surface area contributed by atoms with Crippen molar-refractivity contribution in [1.29, 1.82) is 0 Å². The molecule has 1 aliphatic heterocycles. The molecular formula is C13H15Cl2N3O4. The van der Waals surface area contributed by atoms with E-state index < -0.39 is 31.1 Å². The largest absolute Gasteiger partial charge is 0.394 e. The van der Waals surface area contributed by atoms with Gasteiger partial charge in [0.15, 0.2) is 6.23 Å². The molecule has 0 bridgehead atoms. The number of halogens is 2. The third-order valence-electron chi connectivity index (χ3n) is 3.73. The van der Waals surface area contributed by atoms with Gasteiger partial charge in [-0.2, -0.15) is 0 Å². The fourth-order valence-electron chi connectivity index (χ4n) is 2.62. The number of nitrogens with zero attached hydrogens (tertiary/aromatic N) is 2. The molecule has 4 N–H and O–H groups in total. The zero-order chi connectivity index (χ0) is 16.0. The van der Waals surface area contributed by atoms with E-state index in [0.717, 1.165) is 0 Å². The number of fused-ring (bicyclic) bond motifs is 1. The lowest BCUT2D eigenvalue weighted by atomic mass is 10.1. The van der Waals surface area contributed by atoms with E-state index in [-0.39, 0.29) is 0 Å². The van der Waals surface area contributed by atoms with E-state index in [1.807, 2.05) is 0 Å². The molecule has 0 amide bonds. The number of aromatic nitrogens is 2. The van der Waals surface area contributed by atoms with Crippen molar-refractivity contribution < 1.29 is 20.1 Å². The third-order valence-corrected chi connectivity index (χ3v) is 4.45. The molecule has 1 aromatic carbocycles. The van der Waals surface area contributed by atoms with Gasteiger partial charge in [0, 0.05) is 7.05 Å². The number of aliphatic hydroxyl groups is 3. The molecule has 1 saturated heterocycles. The molecule has 9 heteroatoms. The Morgan fingerprint density at radius 2 is 1.95 bits per heavy atom. The van der Waals surface area contributed by atoms with Crippen molar-refractivity contribution in [3.8, 4) is 0 Å². The van der Waals surface area contributed by atoms with Crippen LogP contribution < -0.4 is 5.32 Å². The van der Waals surface area contributed by atoms with E-state index in [9.17, 15) is 15.3 Å². The van der Waals surface area contributed by atoms with Crippen LogP contribution in [0.25, 0.3) is 11.0 Å². The number of aliphatic hydroxyl groups excluding tert-OH is 3. The second-order valence-corrected chi connectivity index (χ2v) is 5.85. The first kappa shape index (κ1) is 15.8. The molecule has 0 saturated carbocycles. The molecular weight excluding hydrogens is 333 g/mol. The maximum atomic E-state index is 10.2. The maximum Gasteiger partial charge on any atom is 0.205 e. The number of hydrogen-bond acceptors (Lipinski definition) is 6. The van der Waals surface area contributed by atoms with Crippen LogP contribution in [0.4, 0.5) is 5.95 Å². The van der Waals surface area contributed by atoms with Gasteiger partial charge in [0.1, 0.15) is 18.3 Å². The molecule has 22 heavy (non-hydrogen) atoms. The minimum absolute atomic E-state index is 0.338. The average molecular weight is 348 g/mol. The summed E-state index contributed by atoms with van der Waals surface area (Å²) in [5.74, 6) is 0.420. The van der Waals surface area contributed by atoms with Gasteiger partial charge >= 0.3 is 0 Å². The van der Waals surface area contributed by atoms with Gasteiger partial charge in [-0.3, -0.25) is 4.57 Å². The van der Waals surface area contributed by atoms with Crippen LogP contribution in [0.15, 0.2) is 12.1 Å². The first-order valence-electron chi connectivity index (χ1n) is 6.65. The highest BCUT2D eigenvalue weighted by Crippen LogP contribution is 2.37. The van der Waals surface area contributed by atoms with Crippen LogP contribution >= 0.6 is 23.2 Å². The van der Waals surface area contributed by atoms with Crippen molar-refractivity contribution in [2.75, 3.05) is 19.0 Å². The molecule has 1 fully saturated rings. The first-order valence-corrected chi connectivity index (χ1v) is 7.40. The van der Waals surface area contributed by atoms with E-state index in [2.05, 4.69) is 10.3 Å². The van der Waals surface area contributed by atoms with Crippen LogP contribution in [0.3, 0.4) is 0 Å². The highest BCUT2D eigenvalue weighted by atomic mass is 35.5. The molecule has 0 radical (unpaired) electrons. The average Bonchev–Trinajstić information content (AvgIpc) is 2.98. The lowest BCUT2D eigenvalue weighted by molar-refractivity contribution is -0.0499. The summed E-state index contributed by atoms with van der Waals surface area (Å²) < 4.78 is 7.14. The number of imidazole rings is 1. The molecule has 1 aromatic heterocycles. The van der Waals surface area contributed by atoms with Gasteiger partial charge in [-0.05, 0) is 12.1 Å². The van der Waals surface area contributed by atoms with Gasteiger partial charge in [-0.25, -0.2) is 4.98 Å². The fraction of sp³-hybridized carbons (Fsp3) is 0.462. The quantitative estimate of drug-likeness (QED) is 0.660. The maximum absolute atomic E-state index is 10.2. The number of anilines is 1. The van der Waals surface area contributed by atoms with Gasteiger partial charge in [-0.15, -0.1) is 0 Å². The highest BCUT2D eigenvalue weighted by molar-refractivity contribution is 6.42. The predicted octanol–water partition coefficient (Wildman–Crippen LogP) is 0.996. The monoisotopic (exact) mass is 347 g/mol. The summed E-state index contributed by atoms with van der Waals surface area (Å²) in [5, 5.41) is 33.0. The number of hydrogen-bond donors (Lipinski definition) is 4. The molecule has 0 aliphatic carbocycles. The van der Waals surface area contributed by atoms with Crippen LogP contribution in [-0.4, -0.2) is 56.8 Å². The van der Waals surface area contributed by atoms with Crippen LogP contribution in [-0.2, 0) is 4.74 Å². The van der Waals surface area contributed by atoms with Gasteiger partial charge in [-0.1, -0.05) is 23.2 Å². The zero-order valence-electron chi connectivity index (χ0n) is 11.6. The third kappa shape index (κ3) is 2.34. The minimum atomic E-state index is -1.21. The summed E-state index contributed by atoms with van der Waals surface area (Å²) >= 11 is 12.0. The second kappa shape index (κ2) is 5.84. The van der Waals surface area contributed by atoms with Crippen molar-refractivity contribution in [3.05, 3.63) is 22.2 Å². The normalized spacial score (nSPS) is 28.5. The van der Waals surface area contributed by atoms with Crippen LogP contribution in [0.5, 0.6) is 0 Å². The smallest absolute Gasteiger partial charge is 0.205 e. The first-order chi connectivity index (χ1) is 10.5. The summed E-state index contributed by atoms with van der Waals surface area (Å²) in [4.78, 5) is 4.36. The van der Waals surface area contributed by atoms with Crippen LogP contribution in [0.1, 0.15) is 6.23 Å². The number of rotatable bonds is 3. The Morgan fingerprint density at radius 1 is 1.27 bits per heavy atom. The molecule has 120 valence electrons. The zero-order valence-corrected chi connectivity index (χ0v) is 13.1. The molecule has 0 unspecified atom stereocenters. The number of ether oxygens (including phenoxy) is 1. The Kier molecular flexibility index (Phi) is 4.19. The van der Waals surface area contributed by atoms with Gasteiger partial charge in [0.05, 0.1) is 27.7 Å². The lowest BCUT2D eigenvalue weighted by Crippen LogP contribution is -2.33. The Hall–Kier alpha value is -1.09. The van der Waals surface area contributed by atoms with Crippen molar-refractivity contribution in [3.63, 3.8) is 0 Å². The predicted molar refractivity (Wildman–Crippen MR) is 82.3 cm³/mol. The van der Waals surface area contributed by atoms with Gasteiger partial charge in [0.2, 0.25) is 5.95 Å². The Bertz CT molecular complexity index is 708. The van der Waals surface area contributed by atoms with E-state index in [1.165, 1.54) is 0 Å². The van der Waals surface area contributed by atoms with Gasteiger partial charge < -0.3 is 25.4 Å². The SMILES string of the molecule is CNc1nc2cc(Cl)c(Cl)cc2n1[C@H]1O[C@H](CO)[C@@H](O)[C@H]1O. The van der Waals surface area contributed by atoms with Crippen molar-refractivity contribution in [1.82, 2.24) is 9.55 Å². The van der Waals surface area contributed by atoms with E-state index in [1.54, 1.807) is 23.7 Å². The summed E-state index contributed by atoms with van der Waals surface area (Å²) in [5.41, 5.74) is 1.16. The van der Waals surface area contributed by atoms with Crippen LogP contribution in [0.2, 0.25) is 10.0 Å².